The average Bonchev–Trinajstić information content (AvgIpc) is 2.75. The van der Waals surface area contributed by atoms with E-state index in [1.165, 1.54) is 19.8 Å². The lowest BCUT2D eigenvalue weighted by molar-refractivity contribution is -0.120. The van der Waals surface area contributed by atoms with Gasteiger partial charge in [0.05, 0.1) is 6.04 Å². The van der Waals surface area contributed by atoms with Crippen LogP contribution < -0.4 is 10.6 Å². The molecule has 0 radical (unpaired) electrons. The zero-order valence-corrected chi connectivity index (χ0v) is 13.4. The molecule has 2 N–H and O–H groups in total. The number of anilines is 2. The summed E-state index contributed by atoms with van der Waals surface area (Å²) in [6.07, 6.45) is 4.83. The first-order valence-electron chi connectivity index (χ1n) is 7.99. The number of benzene rings is 1. The van der Waals surface area contributed by atoms with Gasteiger partial charge < -0.3 is 10.6 Å². The van der Waals surface area contributed by atoms with Gasteiger partial charge in [-0.2, -0.15) is 0 Å². The Morgan fingerprint density at radius 3 is 2.23 bits per heavy atom. The van der Waals surface area contributed by atoms with Gasteiger partial charge in [-0.1, -0.05) is 18.9 Å². The molecule has 1 aromatic carbocycles. The van der Waals surface area contributed by atoms with Crippen LogP contribution in [0.2, 0.25) is 0 Å². The molecule has 1 heterocycles. The maximum absolute atomic E-state index is 12.4. The molecule has 22 heavy (non-hydrogen) atoms. The second-order valence-corrected chi connectivity index (χ2v) is 5.88. The fourth-order valence-electron chi connectivity index (χ4n) is 2.77. The summed E-state index contributed by atoms with van der Waals surface area (Å²) < 4.78 is 0. The van der Waals surface area contributed by atoms with E-state index in [-0.39, 0.29) is 17.9 Å². The molecule has 1 aromatic rings. The van der Waals surface area contributed by atoms with Gasteiger partial charge in [-0.25, -0.2) is 0 Å². The highest BCUT2D eigenvalue weighted by atomic mass is 16.2. The maximum Gasteiger partial charge on any atom is 0.241 e. The lowest BCUT2D eigenvalue weighted by Gasteiger charge is -2.26. The molecule has 5 heteroatoms. The molecule has 1 atom stereocenters. The maximum atomic E-state index is 12.4. The van der Waals surface area contributed by atoms with Crippen LogP contribution in [0.25, 0.3) is 0 Å². The average molecular weight is 303 g/mol. The normalized spacial score (nSPS) is 17.4. The first kappa shape index (κ1) is 16.5. The quantitative estimate of drug-likeness (QED) is 0.899. The third kappa shape index (κ3) is 4.84. The van der Waals surface area contributed by atoms with Crippen LogP contribution in [0, 0.1) is 0 Å². The second kappa shape index (κ2) is 7.94. The zero-order chi connectivity index (χ0) is 15.9. The van der Waals surface area contributed by atoms with E-state index in [1.807, 2.05) is 19.1 Å². The van der Waals surface area contributed by atoms with Crippen molar-refractivity contribution < 1.29 is 9.59 Å². The van der Waals surface area contributed by atoms with Crippen molar-refractivity contribution in [1.29, 1.82) is 0 Å². The van der Waals surface area contributed by atoms with E-state index in [0.29, 0.717) is 11.4 Å². The monoisotopic (exact) mass is 303 g/mol. The van der Waals surface area contributed by atoms with Crippen LogP contribution in [0.1, 0.15) is 39.5 Å². The Morgan fingerprint density at radius 2 is 1.64 bits per heavy atom. The van der Waals surface area contributed by atoms with Gasteiger partial charge in [0.1, 0.15) is 0 Å². The minimum atomic E-state index is -0.137. The number of nitrogens with one attached hydrogen (secondary N) is 2. The van der Waals surface area contributed by atoms with E-state index < -0.39 is 0 Å². The molecule has 1 saturated heterocycles. The fraction of sp³-hybridized carbons (Fsp3) is 0.529. The van der Waals surface area contributed by atoms with Crippen molar-refractivity contribution in [3.05, 3.63) is 24.3 Å². The van der Waals surface area contributed by atoms with Crippen molar-refractivity contribution in [3.63, 3.8) is 0 Å². The molecule has 1 aliphatic heterocycles. The standard InChI is InChI=1S/C17H25N3O2/c1-13(20-10-5-3-4-6-11-20)17(22)19-16-9-7-8-15(12-16)18-14(2)21/h7-9,12-13H,3-6,10-11H2,1-2H3,(H,18,21)(H,19,22)/t13-/m1/s1. The van der Waals surface area contributed by atoms with Gasteiger partial charge in [0, 0.05) is 18.3 Å². The summed E-state index contributed by atoms with van der Waals surface area (Å²) in [5.41, 5.74) is 1.39. The van der Waals surface area contributed by atoms with E-state index in [1.54, 1.807) is 12.1 Å². The smallest absolute Gasteiger partial charge is 0.241 e. The highest BCUT2D eigenvalue weighted by Crippen LogP contribution is 2.17. The topological polar surface area (TPSA) is 61.4 Å². The number of carbonyl (C=O) groups excluding carboxylic acids is 2. The van der Waals surface area contributed by atoms with Gasteiger partial charge in [0.15, 0.2) is 0 Å². The highest BCUT2D eigenvalue weighted by Gasteiger charge is 2.22. The number of hydrogen-bond acceptors (Lipinski definition) is 3. The Hall–Kier alpha value is -1.88. The zero-order valence-electron chi connectivity index (χ0n) is 13.4. The van der Waals surface area contributed by atoms with E-state index in [2.05, 4.69) is 15.5 Å². The van der Waals surface area contributed by atoms with Crippen LogP contribution in [0.4, 0.5) is 11.4 Å². The van der Waals surface area contributed by atoms with Crippen LogP contribution in [-0.4, -0.2) is 35.8 Å². The van der Waals surface area contributed by atoms with Gasteiger partial charge >= 0.3 is 0 Å². The summed E-state index contributed by atoms with van der Waals surface area (Å²) in [6.45, 7) is 5.39. The Bertz CT molecular complexity index is 522. The van der Waals surface area contributed by atoms with Crippen LogP contribution in [0.15, 0.2) is 24.3 Å². The molecule has 0 bridgehead atoms. The summed E-state index contributed by atoms with van der Waals surface area (Å²) in [5, 5.41) is 5.66. The third-order valence-electron chi connectivity index (χ3n) is 4.02. The van der Waals surface area contributed by atoms with Gasteiger partial charge in [-0.15, -0.1) is 0 Å². The first-order chi connectivity index (χ1) is 10.6. The Labute approximate surface area is 132 Å². The van der Waals surface area contributed by atoms with Crippen LogP contribution in [-0.2, 0) is 9.59 Å². The Kier molecular flexibility index (Phi) is 5.95. The molecule has 0 spiro atoms. The molecule has 5 nitrogen and oxygen atoms in total. The van der Waals surface area contributed by atoms with E-state index in [0.717, 1.165) is 25.9 Å². The van der Waals surface area contributed by atoms with Crippen molar-refractivity contribution in [2.75, 3.05) is 23.7 Å². The summed E-state index contributed by atoms with van der Waals surface area (Å²) in [5.74, 6) is -0.122. The lowest BCUT2D eigenvalue weighted by Crippen LogP contribution is -2.42. The van der Waals surface area contributed by atoms with E-state index >= 15 is 0 Å². The Balaban J connectivity index is 1.96. The Morgan fingerprint density at radius 1 is 1.05 bits per heavy atom. The summed E-state index contributed by atoms with van der Waals surface area (Å²) in [6, 6.07) is 7.09. The fourth-order valence-corrected chi connectivity index (χ4v) is 2.77. The predicted molar refractivity (Wildman–Crippen MR) is 88.9 cm³/mol. The first-order valence-corrected chi connectivity index (χ1v) is 7.99. The number of carbonyl (C=O) groups is 2. The van der Waals surface area contributed by atoms with Gasteiger partial charge in [0.2, 0.25) is 11.8 Å². The number of amides is 2. The minimum absolute atomic E-state index is 0.00174. The van der Waals surface area contributed by atoms with Gasteiger partial charge in [0.25, 0.3) is 0 Å². The molecular formula is C17H25N3O2. The minimum Gasteiger partial charge on any atom is -0.326 e. The number of likely N-dealkylation sites (tertiary alicyclic amines) is 1. The van der Waals surface area contributed by atoms with Crippen molar-refractivity contribution in [2.24, 2.45) is 0 Å². The van der Waals surface area contributed by atoms with Crippen molar-refractivity contribution in [3.8, 4) is 0 Å². The van der Waals surface area contributed by atoms with Crippen molar-refractivity contribution in [2.45, 2.75) is 45.6 Å². The molecule has 120 valence electrons. The molecule has 0 saturated carbocycles. The van der Waals surface area contributed by atoms with Crippen molar-refractivity contribution in [1.82, 2.24) is 4.90 Å². The summed E-state index contributed by atoms with van der Waals surface area (Å²) >= 11 is 0. The number of rotatable bonds is 4. The molecule has 0 aromatic heterocycles. The van der Waals surface area contributed by atoms with Gasteiger partial charge in [-0.3, -0.25) is 14.5 Å². The molecule has 2 amide bonds. The molecule has 2 rings (SSSR count). The van der Waals surface area contributed by atoms with E-state index in [4.69, 9.17) is 0 Å². The lowest BCUT2D eigenvalue weighted by atomic mass is 10.2. The number of hydrogen-bond donors (Lipinski definition) is 2. The molecule has 1 aliphatic rings. The molecule has 0 aliphatic carbocycles. The van der Waals surface area contributed by atoms with Crippen LogP contribution >= 0.6 is 0 Å². The molecule has 0 unspecified atom stereocenters. The third-order valence-corrected chi connectivity index (χ3v) is 4.02. The van der Waals surface area contributed by atoms with Crippen LogP contribution in [0.3, 0.4) is 0 Å². The largest absolute Gasteiger partial charge is 0.326 e. The predicted octanol–water partition coefficient (Wildman–Crippen LogP) is 2.85. The summed E-state index contributed by atoms with van der Waals surface area (Å²) in [4.78, 5) is 25.8. The number of nitrogens with zero attached hydrogens (tertiary/aromatic N) is 1. The SMILES string of the molecule is CC(=O)Nc1cccc(NC(=O)[C@@H](C)N2CCCCCC2)c1. The van der Waals surface area contributed by atoms with E-state index in [9.17, 15) is 9.59 Å². The second-order valence-electron chi connectivity index (χ2n) is 5.88. The van der Waals surface area contributed by atoms with Crippen molar-refractivity contribution >= 4 is 23.2 Å². The highest BCUT2D eigenvalue weighted by molar-refractivity contribution is 5.96. The molecule has 1 fully saturated rings. The summed E-state index contributed by atoms with van der Waals surface area (Å²) in [7, 11) is 0. The van der Waals surface area contributed by atoms with Gasteiger partial charge in [-0.05, 0) is 51.1 Å². The molecular weight excluding hydrogens is 278 g/mol. The van der Waals surface area contributed by atoms with Crippen LogP contribution in [0.5, 0.6) is 0 Å².